The minimum Gasteiger partial charge on any atom is -0.497 e. The fraction of sp³-hybridized carbons (Fsp3) is 0.306. The van der Waals surface area contributed by atoms with E-state index in [2.05, 4.69) is 16.9 Å². The van der Waals surface area contributed by atoms with E-state index in [1.165, 1.54) is 24.4 Å². The first-order chi connectivity index (χ1) is 30.7. The number of piperidine rings is 1. The molecule has 0 spiro atoms. The minimum absolute atomic E-state index is 0.0840. The number of pyridine rings is 1. The molecule has 0 aliphatic carbocycles. The van der Waals surface area contributed by atoms with E-state index in [0.29, 0.717) is 68.7 Å². The van der Waals surface area contributed by atoms with E-state index in [0.717, 1.165) is 52.0 Å². The molecule has 63 heavy (non-hydrogen) atoms. The molecule has 0 radical (unpaired) electrons. The van der Waals surface area contributed by atoms with Gasteiger partial charge in [0.1, 0.15) is 29.6 Å². The van der Waals surface area contributed by atoms with E-state index in [9.17, 15) is 10.2 Å². The molecule has 7 aromatic rings. The predicted octanol–water partition coefficient (Wildman–Crippen LogP) is 9.45. The summed E-state index contributed by atoms with van der Waals surface area (Å²) in [5, 5.41) is 22.9. The Bertz CT molecular complexity index is 2670. The van der Waals surface area contributed by atoms with E-state index in [4.69, 9.17) is 49.6 Å². The van der Waals surface area contributed by atoms with Gasteiger partial charge in [-0.15, -0.1) is 0 Å². The number of rotatable bonds is 17. The molecule has 4 aromatic carbocycles. The molecule has 1 aliphatic heterocycles. The summed E-state index contributed by atoms with van der Waals surface area (Å²) in [4.78, 5) is 16.5. The number of aliphatic hydroxyl groups excluding tert-OH is 1. The van der Waals surface area contributed by atoms with Crippen molar-refractivity contribution in [2.75, 3.05) is 41.0 Å². The lowest BCUT2D eigenvalue weighted by Gasteiger charge is -2.28. The third-order valence-electron chi connectivity index (χ3n) is 11.5. The third kappa shape index (κ3) is 10.0. The van der Waals surface area contributed by atoms with Crippen LogP contribution in [0.15, 0.2) is 103 Å². The van der Waals surface area contributed by atoms with E-state index in [1.807, 2.05) is 91.9 Å². The number of halogens is 1. The van der Waals surface area contributed by atoms with Crippen LogP contribution in [0.2, 0.25) is 5.02 Å². The van der Waals surface area contributed by atoms with Crippen LogP contribution >= 0.6 is 23.1 Å². The number of nitrogens with zero attached hydrogens (tertiary/aromatic N) is 5. The normalized spacial score (nSPS) is 13.9. The summed E-state index contributed by atoms with van der Waals surface area (Å²) in [6, 6.07) is 28.4. The van der Waals surface area contributed by atoms with Crippen LogP contribution in [0.1, 0.15) is 36.1 Å². The van der Waals surface area contributed by atoms with Gasteiger partial charge < -0.3 is 38.8 Å². The highest BCUT2D eigenvalue weighted by molar-refractivity contribution is 7.13. The lowest BCUT2D eigenvalue weighted by atomic mass is 9.93. The Labute approximate surface area is 376 Å². The maximum absolute atomic E-state index is 10.9. The Morgan fingerprint density at radius 2 is 1.65 bits per heavy atom. The van der Waals surface area contributed by atoms with E-state index >= 15 is 0 Å². The molecule has 1 aliphatic rings. The van der Waals surface area contributed by atoms with Gasteiger partial charge in [0.25, 0.3) is 0 Å². The highest BCUT2D eigenvalue weighted by Gasteiger charge is 2.28. The minimum atomic E-state index is -1.87. The molecule has 1 unspecified atom stereocenters. The summed E-state index contributed by atoms with van der Waals surface area (Å²) in [6.07, 6.45) is 3.82. The molecule has 1 saturated heterocycles. The van der Waals surface area contributed by atoms with Gasteiger partial charge in [0.05, 0.1) is 52.9 Å². The highest BCUT2D eigenvalue weighted by Crippen LogP contribution is 2.46. The Kier molecular flexibility index (Phi) is 14.0. The number of fused-ring (bicyclic) bond motifs is 1. The predicted molar refractivity (Wildman–Crippen MR) is 246 cm³/mol. The molecule has 14 heteroatoms. The Hall–Kier alpha value is -5.83. The monoisotopic (exact) mass is 887 g/mol. The second-order valence-electron chi connectivity index (χ2n) is 15.6. The molecule has 1 fully saturated rings. The number of methoxy groups -OCH3 is 2. The first-order valence-corrected chi connectivity index (χ1v) is 22.1. The Morgan fingerprint density at radius 1 is 0.857 bits per heavy atom. The van der Waals surface area contributed by atoms with Gasteiger partial charge in [-0.05, 0) is 123 Å². The molecular weight excluding hydrogens is 838 g/mol. The van der Waals surface area contributed by atoms with Crippen LogP contribution in [0, 0.1) is 12.8 Å². The summed E-state index contributed by atoms with van der Waals surface area (Å²) in [6.45, 7) is 4.90. The van der Waals surface area contributed by atoms with Crippen LogP contribution in [-0.4, -0.2) is 87.8 Å². The number of hydrogen-bond acceptors (Lipinski definition) is 13. The van der Waals surface area contributed by atoms with E-state index in [1.54, 1.807) is 32.7 Å². The van der Waals surface area contributed by atoms with Gasteiger partial charge >= 0.3 is 0 Å². The third-order valence-corrected chi connectivity index (χ3v) is 12.7. The fourth-order valence-electron chi connectivity index (χ4n) is 7.94. The van der Waals surface area contributed by atoms with Gasteiger partial charge in [0.2, 0.25) is 5.88 Å². The van der Waals surface area contributed by atoms with Crippen molar-refractivity contribution < 1.29 is 33.9 Å². The summed E-state index contributed by atoms with van der Waals surface area (Å²) >= 11 is 8.35. The fourth-order valence-corrected chi connectivity index (χ4v) is 8.86. The van der Waals surface area contributed by atoms with Crippen LogP contribution in [-0.2, 0) is 13.0 Å². The smallest absolute Gasteiger partial charge is 0.234 e. The van der Waals surface area contributed by atoms with Crippen molar-refractivity contribution in [1.82, 2.24) is 24.2 Å². The van der Waals surface area contributed by atoms with Crippen LogP contribution in [0.4, 0.5) is 0 Å². The number of likely N-dealkylation sites (tertiary alicyclic amines) is 1. The SMILES string of the molecule is COc1cccc(-c2ncc3snc(OC(Cc4ccccc4OCc4ccnc(-c5ccccc5OC)n4)C(O)O)c3c2-c2ccc(OCCC3CCN(C)CC3)c(Cl)c2C)c1. The highest BCUT2D eigenvalue weighted by atomic mass is 35.5. The molecule has 12 nitrogen and oxygen atoms in total. The van der Waals surface area contributed by atoms with Gasteiger partial charge in [0, 0.05) is 29.9 Å². The van der Waals surface area contributed by atoms with Crippen molar-refractivity contribution >= 4 is 33.2 Å². The first-order valence-electron chi connectivity index (χ1n) is 20.9. The topological polar surface area (TPSA) is 141 Å². The van der Waals surface area contributed by atoms with Crippen molar-refractivity contribution in [1.29, 1.82) is 0 Å². The summed E-state index contributed by atoms with van der Waals surface area (Å²) in [5.74, 6) is 3.86. The number of para-hydroxylation sites is 2. The summed E-state index contributed by atoms with van der Waals surface area (Å²) < 4.78 is 35.8. The van der Waals surface area contributed by atoms with Crippen molar-refractivity contribution in [2.24, 2.45) is 5.92 Å². The average Bonchev–Trinajstić information content (AvgIpc) is 3.73. The molecule has 1 atom stereocenters. The molecular formula is C49H50ClN5O7S. The molecule has 2 N–H and O–H groups in total. The number of aromatic nitrogens is 4. The van der Waals surface area contributed by atoms with E-state index in [-0.39, 0.29) is 18.9 Å². The second-order valence-corrected chi connectivity index (χ2v) is 16.8. The largest absolute Gasteiger partial charge is 0.497 e. The van der Waals surface area contributed by atoms with Gasteiger partial charge in [-0.3, -0.25) is 4.98 Å². The second kappa shape index (κ2) is 20.1. The van der Waals surface area contributed by atoms with Crippen molar-refractivity contribution in [2.45, 2.75) is 51.6 Å². The zero-order valence-corrected chi connectivity index (χ0v) is 37.2. The zero-order valence-electron chi connectivity index (χ0n) is 35.7. The standard InChI is InChI=1S/C49H50ClN5O7S/c1-30-36(16-17-40(45(30)50)60-25-21-31-19-23-55(2)24-20-31)43-44-42(28-52-46(43)33-11-9-12-35(26-33)58-3)63-54-48(44)62-41(49(56)57)27-32-10-5-7-14-38(32)61-29-34-18-22-51-47(53-34)37-13-6-8-15-39(37)59-4/h5-18,22,26,28,31,41,49,56-57H,19-21,23-25,27,29H2,1-4H3. The van der Waals surface area contributed by atoms with Gasteiger partial charge in [-0.1, -0.05) is 60.1 Å². The lowest BCUT2D eigenvalue weighted by Crippen LogP contribution is -2.34. The van der Waals surface area contributed by atoms with Gasteiger partial charge in [-0.2, -0.15) is 4.37 Å². The van der Waals surface area contributed by atoms with Crippen LogP contribution < -0.4 is 23.7 Å². The Balaban J connectivity index is 1.09. The zero-order chi connectivity index (χ0) is 43.9. The van der Waals surface area contributed by atoms with Crippen molar-refractivity contribution in [3.63, 3.8) is 0 Å². The molecule has 0 saturated carbocycles. The van der Waals surface area contributed by atoms with Crippen LogP contribution in [0.3, 0.4) is 0 Å². The van der Waals surface area contributed by atoms with E-state index < -0.39 is 12.4 Å². The number of aliphatic hydroxyl groups is 2. The van der Waals surface area contributed by atoms with Crippen molar-refractivity contribution in [3.05, 3.63) is 125 Å². The summed E-state index contributed by atoms with van der Waals surface area (Å²) in [7, 11) is 5.40. The average molecular weight is 888 g/mol. The molecule has 4 heterocycles. The number of hydrogen-bond donors (Lipinski definition) is 2. The maximum Gasteiger partial charge on any atom is 0.234 e. The molecule has 0 bridgehead atoms. The van der Waals surface area contributed by atoms with Crippen molar-refractivity contribution in [3.8, 4) is 62.7 Å². The van der Waals surface area contributed by atoms with Crippen LogP contribution in [0.5, 0.6) is 28.9 Å². The molecule has 3 aromatic heterocycles. The van der Waals surface area contributed by atoms with Crippen LogP contribution in [0.25, 0.3) is 43.9 Å². The van der Waals surface area contributed by atoms with Gasteiger partial charge in [0.15, 0.2) is 18.2 Å². The molecule has 0 amide bonds. The molecule has 326 valence electrons. The Morgan fingerprint density at radius 3 is 2.44 bits per heavy atom. The number of ether oxygens (including phenoxy) is 5. The first kappa shape index (κ1) is 43.8. The lowest BCUT2D eigenvalue weighted by molar-refractivity contribution is -0.111. The maximum atomic E-state index is 10.9. The summed E-state index contributed by atoms with van der Waals surface area (Å²) in [5.41, 5.74) is 5.91. The number of benzene rings is 4. The van der Waals surface area contributed by atoms with Gasteiger partial charge in [-0.25, -0.2) is 9.97 Å². The molecule has 8 rings (SSSR count). The quantitative estimate of drug-likeness (QED) is 0.0842.